The minimum atomic E-state index is 0.259. The van der Waals surface area contributed by atoms with Gasteiger partial charge in [-0.3, -0.25) is 0 Å². The molecule has 0 spiro atoms. The van der Waals surface area contributed by atoms with Gasteiger partial charge >= 0.3 is 0 Å². The molecule has 0 atom stereocenters. The van der Waals surface area contributed by atoms with Gasteiger partial charge < -0.3 is 9.67 Å². The van der Waals surface area contributed by atoms with E-state index in [1.54, 1.807) is 12.1 Å². The SMILES string of the molecule is Cc1ccc(Cn2cc(C)nc2-c2cccc(O)c2)cc1. The third-order valence-corrected chi connectivity index (χ3v) is 3.47. The molecule has 3 rings (SSSR count). The molecule has 0 amide bonds. The topological polar surface area (TPSA) is 38.0 Å². The fourth-order valence-corrected chi connectivity index (χ4v) is 2.43. The normalized spacial score (nSPS) is 10.8. The second kappa shape index (κ2) is 5.44. The summed E-state index contributed by atoms with van der Waals surface area (Å²) in [5, 5.41) is 9.66. The second-order valence-electron chi connectivity index (χ2n) is 5.37. The fraction of sp³-hybridized carbons (Fsp3) is 0.167. The van der Waals surface area contributed by atoms with Crippen LogP contribution in [0.5, 0.6) is 5.75 Å². The van der Waals surface area contributed by atoms with Crippen LogP contribution in [0.1, 0.15) is 16.8 Å². The molecule has 0 unspecified atom stereocenters. The molecule has 3 heteroatoms. The van der Waals surface area contributed by atoms with Crippen LogP contribution < -0.4 is 0 Å². The Morgan fingerprint density at radius 1 is 1.05 bits per heavy atom. The highest BCUT2D eigenvalue weighted by Gasteiger charge is 2.09. The maximum atomic E-state index is 9.66. The highest BCUT2D eigenvalue weighted by molar-refractivity contribution is 5.58. The third kappa shape index (κ3) is 2.97. The van der Waals surface area contributed by atoms with Crippen LogP contribution >= 0.6 is 0 Å². The van der Waals surface area contributed by atoms with E-state index in [1.807, 2.05) is 25.3 Å². The number of aromatic nitrogens is 2. The summed E-state index contributed by atoms with van der Waals surface area (Å²) in [6.07, 6.45) is 2.04. The second-order valence-corrected chi connectivity index (χ2v) is 5.37. The number of aryl methyl sites for hydroxylation is 2. The molecule has 106 valence electrons. The molecular weight excluding hydrogens is 260 g/mol. The Labute approximate surface area is 124 Å². The van der Waals surface area contributed by atoms with Crippen LogP contribution in [0.3, 0.4) is 0 Å². The lowest BCUT2D eigenvalue weighted by atomic mass is 10.1. The molecular formula is C18H18N2O. The van der Waals surface area contributed by atoms with Gasteiger partial charge in [0.2, 0.25) is 0 Å². The first kappa shape index (κ1) is 13.4. The summed E-state index contributed by atoms with van der Waals surface area (Å²) >= 11 is 0. The smallest absolute Gasteiger partial charge is 0.140 e. The Bertz CT molecular complexity index is 757. The zero-order valence-electron chi connectivity index (χ0n) is 12.2. The van der Waals surface area contributed by atoms with Crippen LogP contribution in [0.4, 0.5) is 0 Å². The Kier molecular flexibility index (Phi) is 3.48. The van der Waals surface area contributed by atoms with Crippen LogP contribution in [-0.4, -0.2) is 14.7 Å². The van der Waals surface area contributed by atoms with Crippen molar-refractivity contribution >= 4 is 0 Å². The summed E-state index contributed by atoms with van der Waals surface area (Å²) in [5.74, 6) is 1.14. The van der Waals surface area contributed by atoms with E-state index in [-0.39, 0.29) is 5.75 Å². The molecule has 1 aromatic heterocycles. The van der Waals surface area contributed by atoms with Gasteiger partial charge in [-0.05, 0) is 31.5 Å². The maximum Gasteiger partial charge on any atom is 0.140 e. The van der Waals surface area contributed by atoms with Crippen molar-refractivity contribution in [1.29, 1.82) is 0 Å². The van der Waals surface area contributed by atoms with Crippen molar-refractivity contribution in [3.8, 4) is 17.1 Å². The van der Waals surface area contributed by atoms with Crippen LogP contribution in [0.15, 0.2) is 54.7 Å². The first-order chi connectivity index (χ1) is 10.1. The number of rotatable bonds is 3. The number of phenolic OH excluding ortho intramolecular Hbond substituents is 1. The zero-order chi connectivity index (χ0) is 14.8. The van der Waals surface area contributed by atoms with Gasteiger partial charge in [0, 0.05) is 18.3 Å². The summed E-state index contributed by atoms with van der Waals surface area (Å²) in [6, 6.07) is 15.7. The van der Waals surface area contributed by atoms with E-state index in [9.17, 15) is 5.11 Å². The van der Waals surface area contributed by atoms with Gasteiger partial charge in [-0.1, -0.05) is 42.0 Å². The number of imidazole rings is 1. The van der Waals surface area contributed by atoms with E-state index in [0.717, 1.165) is 23.6 Å². The molecule has 0 fully saturated rings. The van der Waals surface area contributed by atoms with Gasteiger partial charge in [0.1, 0.15) is 11.6 Å². The average Bonchev–Trinajstić information content (AvgIpc) is 2.82. The van der Waals surface area contributed by atoms with E-state index in [1.165, 1.54) is 11.1 Å². The monoisotopic (exact) mass is 278 g/mol. The Hall–Kier alpha value is -2.55. The minimum absolute atomic E-state index is 0.259. The molecule has 1 N–H and O–H groups in total. The van der Waals surface area contributed by atoms with Crippen molar-refractivity contribution in [3.05, 3.63) is 71.5 Å². The van der Waals surface area contributed by atoms with E-state index >= 15 is 0 Å². The molecule has 0 aliphatic heterocycles. The molecule has 0 saturated heterocycles. The van der Waals surface area contributed by atoms with Gasteiger partial charge in [-0.25, -0.2) is 4.98 Å². The standard InChI is InChI=1S/C18H18N2O/c1-13-6-8-15(9-7-13)12-20-11-14(2)19-18(20)16-4-3-5-17(21)10-16/h3-11,21H,12H2,1-2H3. The van der Waals surface area contributed by atoms with E-state index in [2.05, 4.69) is 40.7 Å². The lowest BCUT2D eigenvalue weighted by molar-refractivity contribution is 0.475. The predicted molar refractivity (Wildman–Crippen MR) is 84.3 cm³/mol. The lowest BCUT2D eigenvalue weighted by Gasteiger charge is -2.08. The van der Waals surface area contributed by atoms with Crippen molar-refractivity contribution in [2.75, 3.05) is 0 Å². The Morgan fingerprint density at radius 2 is 1.81 bits per heavy atom. The molecule has 1 heterocycles. The Balaban J connectivity index is 1.98. The summed E-state index contributed by atoms with van der Waals surface area (Å²) in [5.41, 5.74) is 4.39. The van der Waals surface area contributed by atoms with Crippen molar-refractivity contribution in [3.63, 3.8) is 0 Å². The zero-order valence-corrected chi connectivity index (χ0v) is 12.2. The number of aromatic hydroxyl groups is 1. The maximum absolute atomic E-state index is 9.66. The molecule has 2 aromatic carbocycles. The summed E-state index contributed by atoms with van der Waals surface area (Å²) < 4.78 is 2.12. The highest BCUT2D eigenvalue weighted by atomic mass is 16.3. The van der Waals surface area contributed by atoms with Crippen LogP contribution in [0.25, 0.3) is 11.4 Å². The number of phenols is 1. The molecule has 3 aromatic rings. The minimum Gasteiger partial charge on any atom is -0.508 e. The van der Waals surface area contributed by atoms with E-state index in [0.29, 0.717) is 0 Å². The number of hydrogen-bond donors (Lipinski definition) is 1. The predicted octanol–water partition coefficient (Wildman–Crippen LogP) is 3.92. The van der Waals surface area contributed by atoms with Crippen molar-refractivity contribution in [1.82, 2.24) is 9.55 Å². The number of benzene rings is 2. The van der Waals surface area contributed by atoms with Crippen molar-refractivity contribution in [2.45, 2.75) is 20.4 Å². The summed E-state index contributed by atoms with van der Waals surface area (Å²) in [4.78, 5) is 4.59. The van der Waals surface area contributed by atoms with Crippen molar-refractivity contribution in [2.24, 2.45) is 0 Å². The van der Waals surface area contributed by atoms with Crippen LogP contribution in [0.2, 0.25) is 0 Å². The molecule has 0 aliphatic rings. The summed E-state index contributed by atoms with van der Waals surface area (Å²) in [7, 11) is 0. The number of hydrogen-bond acceptors (Lipinski definition) is 2. The molecule has 0 bridgehead atoms. The highest BCUT2D eigenvalue weighted by Crippen LogP contribution is 2.23. The third-order valence-electron chi connectivity index (χ3n) is 3.47. The van der Waals surface area contributed by atoms with Crippen LogP contribution in [-0.2, 0) is 6.54 Å². The molecule has 0 radical (unpaired) electrons. The molecule has 0 saturated carbocycles. The van der Waals surface area contributed by atoms with Gasteiger partial charge in [0.05, 0.1) is 5.69 Å². The lowest BCUT2D eigenvalue weighted by Crippen LogP contribution is -2.01. The van der Waals surface area contributed by atoms with E-state index in [4.69, 9.17) is 0 Å². The largest absolute Gasteiger partial charge is 0.508 e. The van der Waals surface area contributed by atoms with Crippen molar-refractivity contribution < 1.29 is 5.11 Å². The van der Waals surface area contributed by atoms with Gasteiger partial charge in [0.25, 0.3) is 0 Å². The van der Waals surface area contributed by atoms with Crippen LogP contribution in [0, 0.1) is 13.8 Å². The summed E-state index contributed by atoms with van der Waals surface area (Å²) in [6.45, 7) is 4.84. The molecule has 3 nitrogen and oxygen atoms in total. The van der Waals surface area contributed by atoms with Gasteiger partial charge in [-0.15, -0.1) is 0 Å². The first-order valence-corrected chi connectivity index (χ1v) is 7.00. The Morgan fingerprint density at radius 3 is 2.52 bits per heavy atom. The number of nitrogens with zero attached hydrogens (tertiary/aromatic N) is 2. The molecule has 21 heavy (non-hydrogen) atoms. The fourth-order valence-electron chi connectivity index (χ4n) is 2.43. The quantitative estimate of drug-likeness (QED) is 0.788. The first-order valence-electron chi connectivity index (χ1n) is 7.00. The average molecular weight is 278 g/mol. The van der Waals surface area contributed by atoms with Gasteiger partial charge in [0.15, 0.2) is 0 Å². The molecule has 0 aliphatic carbocycles. The van der Waals surface area contributed by atoms with E-state index < -0.39 is 0 Å². The van der Waals surface area contributed by atoms with Gasteiger partial charge in [-0.2, -0.15) is 0 Å².